The van der Waals surface area contributed by atoms with Crippen LogP contribution in [-0.2, 0) is 4.74 Å². The summed E-state index contributed by atoms with van der Waals surface area (Å²) in [4.78, 5) is 25.9. The van der Waals surface area contributed by atoms with Crippen LogP contribution in [0.5, 0.6) is 0 Å². The lowest BCUT2D eigenvalue weighted by Crippen LogP contribution is -2.43. The number of aromatic nitrogens is 2. The van der Waals surface area contributed by atoms with Gasteiger partial charge in [-0.2, -0.15) is 0 Å². The molecule has 0 bridgehead atoms. The summed E-state index contributed by atoms with van der Waals surface area (Å²) in [5, 5.41) is 4.32. The number of amides is 1. The van der Waals surface area contributed by atoms with Crippen LogP contribution in [0.25, 0.3) is 10.2 Å². The molecule has 1 aliphatic heterocycles. The first-order chi connectivity index (χ1) is 13.1. The molecule has 1 saturated carbocycles. The lowest BCUT2D eigenvalue weighted by atomic mass is 9.78. The van der Waals surface area contributed by atoms with Gasteiger partial charge < -0.3 is 15.0 Å². The Hall–Kier alpha value is -1.73. The minimum Gasteiger partial charge on any atom is -0.378 e. The van der Waals surface area contributed by atoms with Gasteiger partial charge in [0, 0.05) is 19.1 Å². The number of aryl methyl sites for hydroxylation is 1. The fraction of sp³-hybridized carbons (Fsp3) is 0.650. The number of thiophene rings is 1. The van der Waals surface area contributed by atoms with Gasteiger partial charge in [0.25, 0.3) is 5.91 Å². The summed E-state index contributed by atoms with van der Waals surface area (Å²) >= 11 is 1.48. The van der Waals surface area contributed by atoms with E-state index in [1.807, 2.05) is 6.92 Å². The molecule has 2 aromatic heterocycles. The first kappa shape index (κ1) is 18.6. The van der Waals surface area contributed by atoms with Crippen LogP contribution in [0.3, 0.4) is 0 Å². The number of rotatable bonds is 3. The Bertz CT molecular complexity index is 831. The van der Waals surface area contributed by atoms with Gasteiger partial charge in [-0.3, -0.25) is 4.79 Å². The van der Waals surface area contributed by atoms with Gasteiger partial charge in [-0.1, -0.05) is 26.7 Å². The number of ether oxygens (including phenoxy) is 1. The summed E-state index contributed by atoms with van der Waals surface area (Å²) in [6, 6.07) is 0.260. The van der Waals surface area contributed by atoms with E-state index in [9.17, 15) is 4.79 Å². The normalized spacial score (nSPS) is 26.3. The number of nitrogens with zero attached hydrogens (tertiary/aromatic N) is 3. The molecule has 2 fully saturated rings. The minimum atomic E-state index is 0.0365. The van der Waals surface area contributed by atoms with E-state index < -0.39 is 0 Å². The van der Waals surface area contributed by atoms with Crippen LogP contribution < -0.4 is 10.2 Å². The van der Waals surface area contributed by atoms with Crippen LogP contribution in [0.4, 0.5) is 5.82 Å². The van der Waals surface area contributed by atoms with Crippen molar-refractivity contribution in [3.05, 3.63) is 16.8 Å². The van der Waals surface area contributed by atoms with E-state index in [0.717, 1.165) is 46.0 Å². The standard InChI is InChI=1S/C20H28N4O2S/c1-12-5-4-6-15(13(12)2)23-19(25)17-14(3)16-18(21-11-22-20(16)27-17)24-7-9-26-10-8-24/h11-13,15H,4-10H2,1-3H3,(H,23,25). The molecule has 0 aromatic carbocycles. The third-order valence-electron chi connectivity index (χ3n) is 6.25. The Morgan fingerprint density at radius 3 is 2.81 bits per heavy atom. The molecule has 0 radical (unpaired) electrons. The summed E-state index contributed by atoms with van der Waals surface area (Å²) < 4.78 is 5.46. The number of morpholine rings is 1. The Kier molecular flexibility index (Phi) is 5.32. The molecule has 6 nitrogen and oxygen atoms in total. The Morgan fingerprint density at radius 2 is 2.04 bits per heavy atom. The van der Waals surface area contributed by atoms with Gasteiger partial charge in [-0.25, -0.2) is 9.97 Å². The lowest BCUT2D eigenvalue weighted by molar-refractivity contribution is 0.0894. The molecule has 1 aliphatic carbocycles. The fourth-order valence-electron chi connectivity index (χ4n) is 4.30. The van der Waals surface area contributed by atoms with E-state index in [1.165, 1.54) is 24.2 Å². The number of carbonyl (C=O) groups is 1. The molecule has 1 amide bonds. The molecule has 27 heavy (non-hydrogen) atoms. The van der Waals surface area contributed by atoms with Gasteiger partial charge >= 0.3 is 0 Å². The van der Waals surface area contributed by atoms with Crippen molar-refractivity contribution in [2.75, 3.05) is 31.2 Å². The molecule has 4 rings (SSSR count). The van der Waals surface area contributed by atoms with Gasteiger partial charge in [-0.15, -0.1) is 11.3 Å². The smallest absolute Gasteiger partial charge is 0.261 e. The fourth-order valence-corrected chi connectivity index (χ4v) is 5.35. The number of anilines is 1. The molecule has 146 valence electrons. The van der Waals surface area contributed by atoms with E-state index in [-0.39, 0.29) is 11.9 Å². The maximum absolute atomic E-state index is 13.1. The van der Waals surface area contributed by atoms with E-state index >= 15 is 0 Å². The first-order valence-corrected chi connectivity index (χ1v) is 10.8. The van der Waals surface area contributed by atoms with Gasteiger partial charge in [0.05, 0.1) is 23.5 Å². The maximum atomic E-state index is 13.1. The number of fused-ring (bicyclic) bond motifs is 1. The predicted molar refractivity (Wildman–Crippen MR) is 109 cm³/mol. The summed E-state index contributed by atoms with van der Waals surface area (Å²) in [5.41, 5.74) is 0.992. The number of hydrogen-bond donors (Lipinski definition) is 1. The Labute approximate surface area is 164 Å². The zero-order valence-electron chi connectivity index (χ0n) is 16.3. The van der Waals surface area contributed by atoms with Crippen molar-refractivity contribution >= 4 is 33.3 Å². The van der Waals surface area contributed by atoms with Crippen molar-refractivity contribution in [1.29, 1.82) is 0 Å². The highest BCUT2D eigenvalue weighted by atomic mass is 32.1. The van der Waals surface area contributed by atoms with Crippen molar-refractivity contribution in [2.24, 2.45) is 11.8 Å². The molecule has 2 aliphatic rings. The molecule has 3 heterocycles. The lowest BCUT2D eigenvalue weighted by Gasteiger charge is -2.34. The van der Waals surface area contributed by atoms with Crippen LogP contribution in [-0.4, -0.2) is 48.2 Å². The third-order valence-corrected chi connectivity index (χ3v) is 7.45. The van der Waals surface area contributed by atoms with Crippen molar-refractivity contribution < 1.29 is 9.53 Å². The predicted octanol–water partition coefficient (Wildman–Crippen LogP) is 3.39. The molecule has 1 N–H and O–H groups in total. The van der Waals surface area contributed by atoms with E-state index in [0.29, 0.717) is 25.0 Å². The second-order valence-electron chi connectivity index (χ2n) is 7.88. The van der Waals surface area contributed by atoms with Crippen LogP contribution in [0, 0.1) is 18.8 Å². The maximum Gasteiger partial charge on any atom is 0.261 e. The molecule has 3 atom stereocenters. The zero-order valence-corrected chi connectivity index (χ0v) is 17.1. The van der Waals surface area contributed by atoms with E-state index in [1.54, 1.807) is 6.33 Å². The third kappa shape index (κ3) is 3.55. The van der Waals surface area contributed by atoms with Crippen LogP contribution in [0.2, 0.25) is 0 Å². The van der Waals surface area contributed by atoms with E-state index in [2.05, 4.69) is 34.0 Å². The van der Waals surface area contributed by atoms with Crippen molar-refractivity contribution in [3.8, 4) is 0 Å². The summed E-state index contributed by atoms with van der Waals surface area (Å²) in [5.74, 6) is 2.14. The molecule has 3 unspecified atom stereocenters. The molecule has 0 spiro atoms. The average Bonchev–Trinajstić information content (AvgIpc) is 3.03. The Balaban J connectivity index is 1.62. The SMILES string of the molecule is Cc1c(C(=O)NC2CCCC(C)C2C)sc2ncnc(N3CCOCC3)c12. The summed E-state index contributed by atoms with van der Waals surface area (Å²) in [6.45, 7) is 9.63. The van der Waals surface area contributed by atoms with Crippen molar-refractivity contribution in [1.82, 2.24) is 15.3 Å². The quantitative estimate of drug-likeness (QED) is 0.873. The Morgan fingerprint density at radius 1 is 1.26 bits per heavy atom. The molecular weight excluding hydrogens is 360 g/mol. The first-order valence-electron chi connectivity index (χ1n) is 9.94. The summed E-state index contributed by atoms with van der Waals surface area (Å²) in [6.07, 6.45) is 5.12. The van der Waals surface area contributed by atoms with Gasteiger partial charge in [0.2, 0.25) is 0 Å². The van der Waals surface area contributed by atoms with Crippen LogP contribution >= 0.6 is 11.3 Å². The number of nitrogens with one attached hydrogen (secondary N) is 1. The second kappa shape index (κ2) is 7.72. The van der Waals surface area contributed by atoms with Crippen LogP contribution in [0.15, 0.2) is 6.33 Å². The van der Waals surface area contributed by atoms with Crippen molar-refractivity contribution in [2.45, 2.75) is 46.1 Å². The largest absolute Gasteiger partial charge is 0.378 e. The highest BCUT2D eigenvalue weighted by Crippen LogP contribution is 2.36. The number of carbonyl (C=O) groups excluding carboxylic acids is 1. The topological polar surface area (TPSA) is 67.4 Å². The van der Waals surface area contributed by atoms with Crippen molar-refractivity contribution in [3.63, 3.8) is 0 Å². The molecule has 7 heteroatoms. The molecular formula is C20H28N4O2S. The highest BCUT2D eigenvalue weighted by molar-refractivity contribution is 7.20. The average molecular weight is 389 g/mol. The second-order valence-corrected chi connectivity index (χ2v) is 8.88. The molecule has 2 aromatic rings. The highest BCUT2D eigenvalue weighted by Gasteiger charge is 2.30. The van der Waals surface area contributed by atoms with E-state index in [4.69, 9.17) is 4.74 Å². The van der Waals surface area contributed by atoms with Gasteiger partial charge in [0.1, 0.15) is 17.0 Å². The number of hydrogen-bond acceptors (Lipinski definition) is 6. The van der Waals surface area contributed by atoms with Gasteiger partial charge in [-0.05, 0) is 30.7 Å². The van der Waals surface area contributed by atoms with Gasteiger partial charge in [0.15, 0.2) is 0 Å². The van der Waals surface area contributed by atoms with Crippen LogP contribution in [0.1, 0.15) is 48.3 Å². The molecule has 1 saturated heterocycles. The zero-order chi connectivity index (χ0) is 19.0. The minimum absolute atomic E-state index is 0.0365. The summed E-state index contributed by atoms with van der Waals surface area (Å²) in [7, 11) is 0. The monoisotopic (exact) mass is 388 g/mol.